The summed E-state index contributed by atoms with van der Waals surface area (Å²) in [5.74, 6) is -2.25. The van der Waals surface area contributed by atoms with E-state index < -0.39 is 11.7 Å². The van der Waals surface area contributed by atoms with Gasteiger partial charge in [-0.2, -0.15) is 0 Å². The van der Waals surface area contributed by atoms with Crippen molar-refractivity contribution in [1.29, 1.82) is 0 Å². The molecule has 0 radical (unpaired) electrons. The Kier molecular flexibility index (Phi) is 3.16. The molecule has 3 rings (SSSR count). The molecule has 1 aromatic carbocycles. The lowest BCUT2D eigenvalue weighted by Gasteiger charge is -2.22. The van der Waals surface area contributed by atoms with Crippen LogP contribution in [0.15, 0.2) is 18.2 Å². The Morgan fingerprint density at radius 1 is 1.05 bits per heavy atom. The topological polar surface area (TPSA) is 77.2 Å². The van der Waals surface area contributed by atoms with Crippen LogP contribution >= 0.6 is 0 Å². The van der Waals surface area contributed by atoms with Crippen molar-refractivity contribution in [3.63, 3.8) is 0 Å². The minimum absolute atomic E-state index is 0.141. The van der Waals surface area contributed by atoms with E-state index in [0.29, 0.717) is 11.3 Å². The molecule has 2 aliphatic rings. The first-order chi connectivity index (χ1) is 9.61. The van der Waals surface area contributed by atoms with Crippen molar-refractivity contribution in [3.8, 4) is 0 Å². The average molecular weight is 271 g/mol. The van der Waals surface area contributed by atoms with Crippen LogP contribution in [0.2, 0.25) is 0 Å². The van der Waals surface area contributed by atoms with E-state index in [-0.39, 0.29) is 23.0 Å². The Labute approximate surface area is 117 Å². The summed E-state index contributed by atoms with van der Waals surface area (Å²) >= 11 is 0. The molecule has 1 fully saturated rings. The number of benzene rings is 1. The first-order valence-electron chi connectivity index (χ1n) is 7.12. The van der Waals surface area contributed by atoms with Crippen LogP contribution in [0, 0.1) is 11.8 Å². The summed E-state index contributed by atoms with van der Waals surface area (Å²) in [5.41, 5.74) is 6.62. The smallest absolute Gasteiger partial charge is 0.183 e. The van der Waals surface area contributed by atoms with Crippen molar-refractivity contribution < 1.29 is 14.4 Å². The van der Waals surface area contributed by atoms with Crippen LogP contribution in [-0.4, -0.2) is 17.3 Å². The average Bonchev–Trinajstić information content (AvgIpc) is 2.72. The van der Waals surface area contributed by atoms with Gasteiger partial charge < -0.3 is 5.73 Å². The number of Topliss-reactive ketones (excluding diaryl/α,β-unsaturated/α-hetero) is 3. The Morgan fingerprint density at radius 3 is 2.40 bits per heavy atom. The largest absolute Gasteiger partial charge is 0.398 e. The number of carbonyl (C=O) groups is 3. The van der Waals surface area contributed by atoms with Crippen LogP contribution in [0.4, 0.5) is 5.69 Å². The summed E-state index contributed by atoms with van der Waals surface area (Å²) < 4.78 is 0. The Hall–Kier alpha value is -1.97. The minimum Gasteiger partial charge on any atom is -0.398 e. The predicted octanol–water partition coefficient (Wildman–Crippen LogP) is 2.41. The zero-order chi connectivity index (χ0) is 14.3. The third-order valence-electron chi connectivity index (χ3n) is 4.42. The number of nitrogens with two attached hydrogens (primary N) is 1. The molecule has 1 unspecified atom stereocenters. The number of rotatable bonds is 2. The maximum absolute atomic E-state index is 12.5. The molecule has 0 heterocycles. The molecule has 2 aliphatic carbocycles. The van der Waals surface area contributed by atoms with Crippen LogP contribution in [0.3, 0.4) is 0 Å². The second-order valence-corrected chi connectivity index (χ2v) is 5.67. The Balaban J connectivity index is 1.93. The van der Waals surface area contributed by atoms with Gasteiger partial charge in [0.1, 0.15) is 5.92 Å². The monoisotopic (exact) mass is 271 g/mol. The van der Waals surface area contributed by atoms with Crippen molar-refractivity contribution >= 4 is 23.0 Å². The number of fused-ring (bicyclic) bond motifs is 1. The van der Waals surface area contributed by atoms with E-state index in [9.17, 15) is 14.4 Å². The first kappa shape index (κ1) is 13.0. The lowest BCUT2D eigenvalue weighted by molar-refractivity contribution is -0.125. The summed E-state index contributed by atoms with van der Waals surface area (Å²) in [4.78, 5) is 37.3. The summed E-state index contributed by atoms with van der Waals surface area (Å²) in [6.45, 7) is 0. The summed E-state index contributed by atoms with van der Waals surface area (Å²) in [5, 5.41) is 0. The fraction of sp³-hybridized carbons (Fsp3) is 0.438. The number of ketones is 3. The Bertz CT molecular complexity index is 600. The van der Waals surface area contributed by atoms with E-state index in [1.165, 1.54) is 0 Å². The van der Waals surface area contributed by atoms with Gasteiger partial charge >= 0.3 is 0 Å². The summed E-state index contributed by atoms with van der Waals surface area (Å²) in [6.07, 6.45) is 4.72. The van der Waals surface area contributed by atoms with E-state index in [1.807, 2.05) is 0 Å². The molecule has 20 heavy (non-hydrogen) atoms. The predicted molar refractivity (Wildman–Crippen MR) is 74.6 cm³/mol. The van der Waals surface area contributed by atoms with Crippen LogP contribution in [0.25, 0.3) is 0 Å². The first-order valence-corrected chi connectivity index (χ1v) is 7.12. The SMILES string of the molecule is Nc1cccc2c1C(=O)C(C(=O)C1CCCCC1)C2=O. The van der Waals surface area contributed by atoms with Crippen molar-refractivity contribution in [3.05, 3.63) is 29.3 Å². The highest BCUT2D eigenvalue weighted by atomic mass is 16.2. The van der Waals surface area contributed by atoms with E-state index in [4.69, 9.17) is 5.73 Å². The van der Waals surface area contributed by atoms with Gasteiger partial charge in [0.25, 0.3) is 0 Å². The molecule has 0 saturated heterocycles. The number of anilines is 1. The molecule has 0 spiro atoms. The molecule has 1 aromatic rings. The molecule has 1 saturated carbocycles. The lowest BCUT2D eigenvalue weighted by Crippen LogP contribution is -2.32. The molecule has 0 aromatic heterocycles. The summed E-state index contributed by atoms with van der Waals surface area (Å²) in [7, 11) is 0. The van der Waals surface area contributed by atoms with Gasteiger partial charge in [-0.1, -0.05) is 31.4 Å². The molecule has 0 bridgehead atoms. The van der Waals surface area contributed by atoms with Gasteiger partial charge in [0.15, 0.2) is 17.3 Å². The second-order valence-electron chi connectivity index (χ2n) is 5.67. The molecular formula is C16H17NO3. The maximum atomic E-state index is 12.5. The van der Waals surface area contributed by atoms with Gasteiger partial charge in [0.2, 0.25) is 0 Å². The van der Waals surface area contributed by atoms with Crippen LogP contribution < -0.4 is 5.73 Å². The fourth-order valence-corrected chi connectivity index (χ4v) is 3.35. The van der Waals surface area contributed by atoms with E-state index in [0.717, 1.165) is 32.1 Å². The van der Waals surface area contributed by atoms with Crippen LogP contribution in [-0.2, 0) is 4.79 Å². The maximum Gasteiger partial charge on any atom is 0.183 e. The second kappa shape index (κ2) is 4.85. The van der Waals surface area contributed by atoms with Gasteiger partial charge in [-0.3, -0.25) is 14.4 Å². The van der Waals surface area contributed by atoms with Crippen molar-refractivity contribution in [1.82, 2.24) is 0 Å². The van der Waals surface area contributed by atoms with Gasteiger partial charge in [-0.25, -0.2) is 0 Å². The molecule has 4 nitrogen and oxygen atoms in total. The molecule has 104 valence electrons. The number of nitrogen functional groups attached to an aromatic ring is 1. The van der Waals surface area contributed by atoms with E-state index in [1.54, 1.807) is 18.2 Å². The third-order valence-corrected chi connectivity index (χ3v) is 4.42. The highest BCUT2D eigenvalue weighted by Gasteiger charge is 2.46. The van der Waals surface area contributed by atoms with Crippen LogP contribution in [0.5, 0.6) is 0 Å². The molecule has 0 amide bonds. The molecule has 1 atom stereocenters. The van der Waals surface area contributed by atoms with Crippen molar-refractivity contribution in [2.75, 3.05) is 5.73 Å². The van der Waals surface area contributed by atoms with Crippen LogP contribution in [0.1, 0.15) is 52.8 Å². The quantitative estimate of drug-likeness (QED) is 0.662. The standard InChI is InChI=1S/C16H17NO3/c17-11-8-4-7-10-12(11)16(20)13(15(10)19)14(18)9-5-2-1-3-6-9/h4,7-9,13H,1-3,5-6,17H2. The van der Waals surface area contributed by atoms with E-state index in [2.05, 4.69) is 0 Å². The molecule has 2 N–H and O–H groups in total. The Morgan fingerprint density at radius 2 is 1.75 bits per heavy atom. The molecule has 4 heteroatoms. The lowest BCUT2D eigenvalue weighted by atomic mass is 9.80. The zero-order valence-electron chi connectivity index (χ0n) is 11.2. The normalized spacial score (nSPS) is 22.9. The number of hydrogen-bond acceptors (Lipinski definition) is 4. The fourth-order valence-electron chi connectivity index (χ4n) is 3.35. The number of hydrogen-bond donors (Lipinski definition) is 1. The van der Waals surface area contributed by atoms with Gasteiger partial charge in [0.05, 0.1) is 5.56 Å². The van der Waals surface area contributed by atoms with Gasteiger partial charge in [-0.15, -0.1) is 0 Å². The van der Waals surface area contributed by atoms with Crippen molar-refractivity contribution in [2.24, 2.45) is 11.8 Å². The highest BCUT2D eigenvalue weighted by Crippen LogP contribution is 2.35. The van der Waals surface area contributed by atoms with Gasteiger partial charge in [0, 0.05) is 17.2 Å². The number of carbonyl (C=O) groups excluding carboxylic acids is 3. The van der Waals surface area contributed by atoms with Gasteiger partial charge in [-0.05, 0) is 18.9 Å². The third kappa shape index (κ3) is 1.87. The van der Waals surface area contributed by atoms with E-state index >= 15 is 0 Å². The zero-order valence-corrected chi connectivity index (χ0v) is 11.2. The van der Waals surface area contributed by atoms with Crippen molar-refractivity contribution in [2.45, 2.75) is 32.1 Å². The minimum atomic E-state index is -1.14. The molecular weight excluding hydrogens is 254 g/mol. The molecule has 0 aliphatic heterocycles. The summed E-state index contributed by atoms with van der Waals surface area (Å²) in [6, 6.07) is 4.82. The highest BCUT2D eigenvalue weighted by molar-refractivity contribution is 6.37.